The van der Waals surface area contributed by atoms with Crippen molar-refractivity contribution in [1.82, 2.24) is 0 Å². The number of carbonyl (C=O) groups is 1. The van der Waals surface area contributed by atoms with Crippen LogP contribution in [0.1, 0.15) is 30.9 Å². The number of carbonyl (C=O) groups excluding carboxylic acids is 1. The molecule has 0 bridgehead atoms. The lowest BCUT2D eigenvalue weighted by molar-refractivity contribution is -0.116. The highest BCUT2D eigenvalue weighted by Gasteiger charge is 2.32. The number of rotatable bonds is 1. The molecule has 0 aromatic heterocycles. The van der Waals surface area contributed by atoms with Gasteiger partial charge in [-0.1, -0.05) is 41.4 Å². The first-order valence-electron chi connectivity index (χ1n) is 7.97. The molecule has 2 aromatic carbocycles. The highest BCUT2D eigenvalue weighted by Crippen LogP contribution is 2.41. The summed E-state index contributed by atoms with van der Waals surface area (Å²) in [4.78, 5) is 12.7. The molecule has 24 heavy (non-hydrogen) atoms. The molecule has 4 rings (SSSR count). The van der Waals surface area contributed by atoms with Gasteiger partial charge in [0.25, 0.3) is 0 Å². The average molecular weight is 359 g/mol. The van der Waals surface area contributed by atoms with Gasteiger partial charge < -0.3 is 10.6 Å². The summed E-state index contributed by atoms with van der Waals surface area (Å²) < 4.78 is 0. The van der Waals surface area contributed by atoms with E-state index in [1.165, 1.54) is 0 Å². The molecular weight excluding hydrogens is 343 g/mol. The summed E-state index contributed by atoms with van der Waals surface area (Å²) in [6, 6.07) is 13.3. The number of ketones is 1. The van der Waals surface area contributed by atoms with Crippen molar-refractivity contribution in [3.05, 3.63) is 69.3 Å². The van der Waals surface area contributed by atoms with Gasteiger partial charge in [0.1, 0.15) is 0 Å². The summed E-state index contributed by atoms with van der Waals surface area (Å²) in [6.07, 6.45) is 2.33. The average Bonchev–Trinajstić information content (AvgIpc) is 2.74. The number of nitrogens with one attached hydrogen (secondary N) is 2. The number of hydrogen-bond donors (Lipinski definition) is 2. The summed E-state index contributed by atoms with van der Waals surface area (Å²) in [5.41, 5.74) is 4.69. The highest BCUT2D eigenvalue weighted by atomic mass is 35.5. The Balaban J connectivity index is 1.88. The molecule has 5 heteroatoms. The molecule has 0 saturated carbocycles. The van der Waals surface area contributed by atoms with Gasteiger partial charge in [-0.2, -0.15) is 0 Å². The molecule has 122 valence electrons. The summed E-state index contributed by atoms with van der Waals surface area (Å²) in [7, 11) is 0. The van der Waals surface area contributed by atoms with Crippen LogP contribution in [0.3, 0.4) is 0 Å². The van der Waals surface area contributed by atoms with Crippen molar-refractivity contribution in [3.63, 3.8) is 0 Å². The van der Waals surface area contributed by atoms with E-state index in [-0.39, 0.29) is 11.8 Å². The third-order valence-electron chi connectivity index (χ3n) is 4.53. The Hall–Kier alpha value is -1.97. The Morgan fingerprint density at radius 3 is 2.54 bits per heavy atom. The van der Waals surface area contributed by atoms with E-state index in [0.717, 1.165) is 41.1 Å². The summed E-state index contributed by atoms with van der Waals surface area (Å²) in [5.74, 6) is 0.181. The van der Waals surface area contributed by atoms with Gasteiger partial charge in [0.15, 0.2) is 5.78 Å². The molecule has 2 N–H and O–H groups in total. The summed E-state index contributed by atoms with van der Waals surface area (Å²) >= 11 is 12.3. The second-order valence-electron chi connectivity index (χ2n) is 6.09. The Bertz CT molecular complexity index is 860. The highest BCUT2D eigenvalue weighted by molar-refractivity contribution is 6.42. The molecule has 2 aliphatic rings. The Morgan fingerprint density at radius 2 is 1.75 bits per heavy atom. The SMILES string of the molecule is O=C1CCCC2=C1C(c1ccc(Cl)c(Cl)c1)Nc1ccccc1N2. The molecule has 1 heterocycles. The maximum absolute atomic E-state index is 12.7. The van der Waals surface area contributed by atoms with Crippen molar-refractivity contribution in [2.24, 2.45) is 0 Å². The quantitative estimate of drug-likeness (QED) is 0.698. The first kappa shape index (κ1) is 15.6. The van der Waals surface area contributed by atoms with Crippen LogP contribution in [0, 0.1) is 0 Å². The molecule has 0 radical (unpaired) electrons. The minimum absolute atomic E-state index is 0.181. The van der Waals surface area contributed by atoms with Gasteiger partial charge in [0.2, 0.25) is 0 Å². The van der Waals surface area contributed by atoms with Gasteiger partial charge >= 0.3 is 0 Å². The first-order chi connectivity index (χ1) is 11.6. The van der Waals surface area contributed by atoms with Gasteiger partial charge in [-0.05, 0) is 42.7 Å². The van der Waals surface area contributed by atoms with Crippen molar-refractivity contribution in [2.45, 2.75) is 25.3 Å². The number of hydrogen-bond acceptors (Lipinski definition) is 3. The van der Waals surface area contributed by atoms with E-state index >= 15 is 0 Å². The predicted molar refractivity (Wildman–Crippen MR) is 98.8 cm³/mol. The molecule has 1 atom stereocenters. The fraction of sp³-hybridized carbons (Fsp3) is 0.211. The van der Waals surface area contributed by atoms with E-state index in [2.05, 4.69) is 10.6 Å². The molecule has 0 spiro atoms. The molecule has 0 saturated heterocycles. The van der Waals surface area contributed by atoms with E-state index in [1.54, 1.807) is 6.07 Å². The fourth-order valence-electron chi connectivity index (χ4n) is 3.38. The number of Topliss-reactive ketones (excluding diaryl/α,β-unsaturated/α-hetero) is 1. The summed E-state index contributed by atoms with van der Waals surface area (Å²) in [5, 5.41) is 7.97. The summed E-state index contributed by atoms with van der Waals surface area (Å²) in [6.45, 7) is 0. The number of benzene rings is 2. The van der Waals surface area contributed by atoms with Gasteiger partial charge in [-0.15, -0.1) is 0 Å². The van der Waals surface area contributed by atoms with E-state index in [4.69, 9.17) is 23.2 Å². The third kappa shape index (κ3) is 2.68. The van der Waals surface area contributed by atoms with Crippen LogP contribution in [0.15, 0.2) is 53.7 Å². The number of allylic oxidation sites excluding steroid dienone is 1. The van der Waals surface area contributed by atoms with Crippen LogP contribution in [0.4, 0.5) is 11.4 Å². The molecular formula is C19H16Cl2N2O. The Labute approximate surface area is 150 Å². The number of fused-ring (bicyclic) bond motifs is 1. The van der Waals surface area contributed by atoms with Gasteiger partial charge in [0, 0.05) is 17.7 Å². The van der Waals surface area contributed by atoms with Gasteiger partial charge in [-0.25, -0.2) is 0 Å². The second kappa shape index (κ2) is 6.15. The molecule has 0 fully saturated rings. The Morgan fingerprint density at radius 1 is 0.958 bits per heavy atom. The van der Waals surface area contributed by atoms with E-state index < -0.39 is 0 Å². The van der Waals surface area contributed by atoms with Crippen molar-refractivity contribution >= 4 is 40.4 Å². The smallest absolute Gasteiger partial charge is 0.163 e. The molecule has 1 unspecified atom stereocenters. The lowest BCUT2D eigenvalue weighted by Crippen LogP contribution is -2.23. The first-order valence-corrected chi connectivity index (χ1v) is 8.73. The number of anilines is 2. The molecule has 1 aliphatic heterocycles. The van der Waals surface area contributed by atoms with Crippen LogP contribution in [0.25, 0.3) is 0 Å². The topological polar surface area (TPSA) is 41.1 Å². The minimum Gasteiger partial charge on any atom is -0.372 e. The maximum Gasteiger partial charge on any atom is 0.163 e. The monoisotopic (exact) mass is 358 g/mol. The zero-order valence-corrected chi connectivity index (χ0v) is 14.4. The van der Waals surface area contributed by atoms with E-state index in [1.807, 2.05) is 36.4 Å². The zero-order chi connectivity index (χ0) is 16.7. The van der Waals surface area contributed by atoms with E-state index in [9.17, 15) is 4.79 Å². The number of halogens is 2. The van der Waals surface area contributed by atoms with Crippen LogP contribution >= 0.6 is 23.2 Å². The van der Waals surface area contributed by atoms with E-state index in [0.29, 0.717) is 16.5 Å². The molecule has 3 nitrogen and oxygen atoms in total. The van der Waals surface area contributed by atoms with Crippen molar-refractivity contribution in [2.75, 3.05) is 10.6 Å². The standard InChI is InChI=1S/C19H16Cl2N2O/c20-12-9-8-11(10-13(12)21)19-18-16(6-3-7-17(18)24)22-14-4-1-2-5-15(14)23-19/h1-2,4-5,8-10,19,22-23H,3,6-7H2. The second-order valence-corrected chi connectivity index (χ2v) is 6.90. The molecule has 0 amide bonds. The van der Waals surface area contributed by atoms with Crippen molar-refractivity contribution < 1.29 is 4.79 Å². The minimum atomic E-state index is -0.237. The molecule has 1 aliphatic carbocycles. The van der Waals surface area contributed by atoms with Crippen LogP contribution in [-0.4, -0.2) is 5.78 Å². The van der Waals surface area contributed by atoms with Gasteiger partial charge in [-0.3, -0.25) is 4.79 Å². The maximum atomic E-state index is 12.7. The lowest BCUT2D eigenvalue weighted by atomic mass is 9.87. The molecule has 2 aromatic rings. The van der Waals surface area contributed by atoms with Gasteiger partial charge in [0.05, 0.1) is 27.5 Å². The fourth-order valence-corrected chi connectivity index (χ4v) is 3.69. The number of para-hydroxylation sites is 2. The predicted octanol–water partition coefficient (Wildman–Crippen LogP) is 5.58. The normalized spacial score (nSPS) is 19.8. The van der Waals surface area contributed by atoms with Crippen LogP contribution in [0.5, 0.6) is 0 Å². The van der Waals surface area contributed by atoms with Crippen LogP contribution < -0.4 is 10.6 Å². The van der Waals surface area contributed by atoms with Crippen molar-refractivity contribution in [1.29, 1.82) is 0 Å². The zero-order valence-electron chi connectivity index (χ0n) is 12.9. The largest absolute Gasteiger partial charge is 0.372 e. The third-order valence-corrected chi connectivity index (χ3v) is 5.27. The lowest BCUT2D eigenvalue weighted by Gasteiger charge is -2.25. The van der Waals surface area contributed by atoms with Crippen LogP contribution in [-0.2, 0) is 4.79 Å². The van der Waals surface area contributed by atoms with Crippen molar-refractivity contribution in [3.8, 4) is 0 Å². The Kier molecular flexibility index (Phi) is 3.99. The van der Waals surface area contributed by atoms with Crippen LogP contribution in [0.2, 0.25) is 10.0 Å².